The number of ketones is 1. The van der Waals surface area contributed by atoms with Crippen molar-refractivity contribution in [2.75, 3.05) is 26.2 Å². The van der Waals surface area contributed by atoms with Crippen LogP contribution >= 0.6 is 0 Å². The van der Waals surface area contributed by atoms with Crippen LogP contribution in [0.15, 0.2) is 24.3 Å². The molecular weight excluding hydrogens is 461 g/mol. The van der Waals surface area contributed by atoms with Crippen molar-refractivity contribution in [3.63, 3.8) is 0 Å². The van der Waals surface area contributed by atoms with Crippen molar-refractivity contribution in [1.82, 2.24) is 15.1 Å². The first-order chi connectivity index (χ1) is 17.3. The number of ether oxygens (including phenoxy) is 1. The van der Waals surface area contributed by atoms with E-state index >= 15 is 0 Å². The number of Topliss-reactive ketones (excluding diaryl/α,β-unsaturated/α-hetero) is 1. The Morgan fingerprint density at radius 1 is 1.06 bits per heavy atom. The maximum atomic E-state index is 14.5. The number of piperidine rings is 1. The molecule has 5 rings (SSSR count). The Bertz CT molecular complexity index is 970. The number of fused-ring (bicyclic) bond motifs is 1. The molecule has 8 heteroatoms. The molecule has 4 fully saturated rings. The zero-order valence-electron chi connectivity index (χ0n) is 21.3. The van der Waals surface area contributed by atoms with Crippen LogP contribution < -0.4 is 5.32 Å². The molecular formula is C28H38FN3O4. The molecule has 2 amide bonds. The smallest absolute Gasteiger partial charge is 0.251 e. The lowest BCUT2D eigenvalue weighted by atomic mass is 9.88. The molecule has 3 heterocycles. The largest absolute Gasteiger partial charge is 0.365 e. The van der Waals surface area contributed by atoms with E-state index in [9.17, 15) is 18.8 Å². The van der Waals surface area contributed by atoms with Crippen LogP contribution in [0.25, 0.3) is 0 Å². The number of carbonyl (C=O) groups excluding carboxylic acids is 3. The predicted molar refractivity (Wildman–Crippen MR) is 133 cm³/mol. The Balaban J connectivity index is 1.27. The van der Waals surface area contributed by atoms with Gasteiger partial charge in [-0.2, -0.15) is 0 Å². The monoisotopic (exact) mass is 499 g/mol. The summed E-state index contributed by atoms with van der Waals surface area (Å²) in [5.41, 5.74) is 1.76. The van der Waals surface area contributed by atoms with Crippen LogP contribution in [0.5, 0.6) is 0 Å². The predicted octanol–water partition coefficient (Wildman–Crippen LogP) is 3.08. The number of hydrogen-bond donors (Lipinski definition) is 1. The second-order valence-corrected chi connectivity index (χ2v) is 11.2. The maximum absolute atomic E-state index is 14.5. The lowest BCUT2D eigenvalue weighted by Gasteiger charge is -2.34. The van der Waals surface area contributed by atoms with E-state index in [1.54, 1.807) is 0 Å². The number of nitrogens with one attached hydrogen (secondary N) is 1. The number of amides is 2. The number of carbonyl (C=O) groups is 3. The van der Waals surface area contributed by atoms with Gasteiger partial charge >= 0.3 is 0 Å². The van der Waals surface area contributed by atoms with E-state index in [1.165, 1.54) is 10.5 Å². The van der Waals surface area contributed by atoms with Gasteiger partial charge in [0.05, 0.1) is 6.54 Å². The Morgan fingerprint density at radius 3 is 2.36 bits per heavy atom. The second-order valence-electron chi connectivity index (χ2n) is 11.2. The third-order valence-corrected chi connectivity index (χ3v) is 8.73. The fourth-order valence-electron chi connectivity index (χ4n) is 6.55. The van der Waals surface area contributed by atoms with Crippen LogP contribution in [0.1, 0.15) is 74.2 Å². The molecule has 1 saturated carbocycles. The molecule has 0 spiro atoms. The van der Waals surface area contributed by atoms with Gasteiger partial charge in [-0.15, -0.1) is 0 Å². The third kappa shape index (κ3) is 4.94. The molecule has 3 aliphatic heterocycles. The number of alkyl halides is 1. The number of likely N-dealkylation sites (tertiary alicyclic amines) is 2. The van der Waals surface area contributed by atoms with Gasteiger partial charge in [0.25, 0.3) is 5.91 Å². The summed E-state index contributed by atoms with van der Waals surface area (Å²) in [4.78, 5) is 43.0. The summed E-state index contributed by atoms with van der Waals surface area (Å²) >= 11 is 0. The quantitative estimate of drug-likeness (QED) is 0.651. The van der Waals surface area contributed by atoms with E-state index in [0.29, 0.717) is 17.5 Å². The molecule has 3 saturated heterocycles. The highest BCUT2D eigenvalue weighted by Crippen LogP contribution is 2.34. The van der Waals surface area contributed by atoms with Crippen LogP contribution in [0, 0.1) is 5.92 Å². The lowest BCUT2D eigenvalue weighted by Crippen LogP contribution is -2.54. The molecule has 0 bridgehead atoms. The first-order valence-electron chi connectivity index (χ1n) is 13.6. The fraction of sp³-hybridized carbons (Fsp3) is 0.679. The summed E-state index contributed by atoms with van der Waals surface area (Å²) in [5.74, 6) is -0.449. The van der Waals surface area contributed by atoms with Crippen LogP contribution in [0.4, 0.5) is 4.39 Å². The van der Waals surface area contributed by atoms with Gasteiger partial charge < -0.3 is 19.9 Å². The van der Waals surface area contributed by atoms with Gasteiger partial charge in [0.15, 0.2) is 5.78 Å². The normalized spacial score (nSPS) is 28.6. The van der Waals surface area contributed by atoms with Gasteiger partial charge in [0.2, 0.25) is 5.91 Å². The van der Waals surface area contributed by atoms with Gasteiger partial charge in [-0.3, -0.25) is 14.4 Å². The molecule has 7 nitrogen and oxygen atoms in total. The Hall–Kier alpha value is -2.32. The van der Waals surface area contributed by atoms with Gasteiger partial charge in [-0.05, 0) is 82.2 Å². The fourth-order valence-corrected chi connectivity index (χ4v) is 6.55. The van der Waals surface area contributed by atoms with Crippen molar-refractivity contribution < 1.29 is 23.5 Å². The van der Waals surface area contributed by atoms with Crippen LogP contribution in [0.2, 0.25) is 0 Å². The minimum atomic E-state index is -1.38. The van der Waals surface area contributed by atoms with Crippen molar-refractivity contribution in [3.05, 3.63) is 35.4 Å². The van der Waals surface area contributed by atoms with Crippen LogP contribution in [-0.2, 0) is 14.3 Å². The van der Waals surface area contributed by atoms with Crippen molar-refractivity contribution in [3.8, 4) is 0 Å². The highest BCUT2D eigenvalue weighted by atomic mass is 19.1. The zero-order valence-corrected chi connectivity index (χ0v) is 21.3. The average molecular weight is 500 g/mol. The summed E-state index contributed by atoms with van der Waals surface area (Å²) in [5, 5.41) is 2.97. The van der Waals surface area contributed by atoms with Gasteiger partial charge in [-0.1, -0.05) is 25.0 Å². The standard InChI is InChI=1S/C28H38FN3O4/c1-17(2)31-13-11-19(12-14-31)18-7-9-21(10-8-18)27(34)30-24(20-5-3-4-6-20)28(35)32-15-22(29)26-25(32)23(33)16-36-26/h7-10,17,19-20,22,24-26H,3-6,11-16H2,1-2H3,(H,30,34)/t22-,24-,25+,26+/m0/s1. The van der Waals surface area contributed by atoms with Gasteiger partial charge in [0.1, 0.15) is 31.0 Å². The molecule has 1 N–H and O–H groups in total. The van der Waals surface area contributed by atoms with Crippen molar-refractivity contribution >= 4 is 17.6 Å². The summed E-state index contributed by atoms with van der Waals surface area (Å²) in [7, 11) is 0. The summed E-state index contributed by atoms with van der Waals surface area (Å²) in [6, 6.07) is 6.67. The Labute approximate surface area is 212 Å². The van der Waals surface area contributed by atoms with Crippen molar-refractivity contribution in [1.29, 1.82) is 0 Å². The van der Waals surface area contributed by atoms with E-state index in [1.807, 2.05) is 24.3 Å². The Kier molecular flexibility index (Phi) is 7.45. The molecule has 196 valence electrons. The van der Waals surface area contributed by atoms with Gasteiger partial charge in [-0.25, -0.2) is 4.39 Å². The number of halogens is 1. The summed E-state index contributed by atoms with van der Waals surface area (Å²) in [6.07, 6.45) is 3.59. The first-order valence-corrected chi connectivity index (χ1v) is 13.6. The molecule has 0 radical (unpaired) electrons. The SMILES string of the molecule is CC(C)N1CCC(c2ccc(C(=O)N[C@H](C(=O)N3C[C@H](F)[C@H]4OCC(=O)[C@H]43)C3CCCC3)cc2)CC1. The molecule has 0 aromatic heterocycles. The van der Waals surface area contributed by atoms with Crippen LogP contribution in [-0.4, -0.2) is 84.0 Å². The lowest BCUT2D eigenvalue weighted by molar-refractivity contribution is -0.139. The zero-order chi connectivity index (χ0) is 25.4. The molecule has 1 aromatic rings. The Morgan fingerprint density at radius 2 is 1.72 bits per heavy atom. The van der Waals surface area contributed by atoms with E-state index in [-0.39, 0.29) is 36.7 Å². The number of rotatable bonds is 6. The molecule has 1 aromatic carbocycles. The van der Waals surface area contributed by atoms with Gasteiger partial charge in [0, 0.05) is 11.6 Å². The highest BCUT2D eigenvalue weighted by Gasteiger charge is 2.54. The van der Waals surface area contributed by atoms with Crippen molar-refractivity contribution in [2.45, 2.75) is 88.7 Å². The number of nitrogens with zero attached hydrogens (tertiary/aromatic N) is 2. The summed E-state index contributed by atoms with van der Waals surface area (Å²) < 4.78 is 19.8. The molecule has 1 aliphatic carbocycles. The first kappa shape index (κ1) is 25.3. The molecule has 0 unspecified atom stereocenters. The van der Waals surface area contributed by atoms with Crippen LogP contribution in [0.3, 0.4) is 0 Å². The molecule has 4 atom stereocenters. The highest BCUT2D eigenvalue weighted by molar-refractivity contribution is 5.99. The minimum Gasteiger partial charge on any atom is -0.365 e. The second kappa shape index (κ2) is 10.6. The summed E-state index contributed by atoms with van der Waals surface area (Å²) in [6.45, 7) is 6.30. The van der Waals surface area contributed by atoms with E-state index in [0.717, 1.165) is 51.6 Å². The van der Waals surface area contributed by atoms with E-state index < -0.39 is 24.4 Å². The van der Waals surface area contributed by atoms with E-state index in [4.69, 9.17) is 4.74 Å². The number of hydrogen-bond acceptors (Lipinski definition) is 5. The number of benzene rings is 1. The van der Waals surface area contributed by atoms with Crippen molar-refractivity contribution in [2.24, 2.45) is 5.92 Å². The molecule has 4 aliphatic rings. The maximum Gasteiger partial charge on any atom is 0.251 e. The van der Waals surface area contributed by atoms with E-state index in [2.05, 4.69) is 24.1 Å². The minimum absolute atomic E-state index is 0.0126. The third-order valence-electron chi connectivity index (χ3n) is 8.73. The molecule has 36 heavy (non-hydrogen) atoms. The topological polar surface area (TPSA) is 79.0 Å². The average Bonchev–Trinajstić information content (AvgIpc) is 3.62.